The summed E-state index contributed by atoms with van der Waals surface area (Å²) in [5.74, 6) is -0.983. The van der Waals surface area contributed by atoms with Crippen LogP contribution < -0.4 is 5.32 Å². The molecule has 2 amide bonds. The van der Waals surface area contributed by atoms with Crippen molar-refractivity contribution in [1.82, 2.24) is 15.1 Å². The summed E-state index contributed by atoms with van der Waals surface area (Å²) in [4.78, 5) is 28.5. The molecule has 2 saturated heterocycles. The van der Waals surface area contributed by atoms with E-state index in [0.717, 1.165) is 13.1 Å². The first-order valence-corrected chi connectivity index (χ1v) is 10.5. The first-order chi connectivity index (χ1) is 12.5. The van der Waals surface area contributed by atoms with Crippen molar-refractivity contribution in [3.8, 4) is 0 Å². The van der Waals surface area contributed by atoms with Crippen LogP contribution in [0.2, 0.25) is 0 Å². The van der Waals surface area contributed by atoms with Crippen molar-refractivity contribution in [3.63, 3.8) is 0 Å². The lowest BCUT2D eigenvalue weighted by molar-refractivity contribution is -0.143. The molecule has 0 aromatic rings. The summed E-state index contributed by atoms with van der Waals surface area (Å²) in [6.07, 6.45) is 10.6. The summed E-state index contributed by atoms with van der Waals surface area (Å²) in [6, 6.07) is -0.0789. The molecule has 2 aliphatic heterocycles. The number of nitrogens with one attached hydrogen (secondary N) is 1. The third-order valence-electron chi connectivity index (χ3n) is 6.68. The van der Waals surface area contributed by atoms with Gasteiger partial charge in [-0.25, -0.2) is 4.79 Å². The van der Waals surface area contributed by atoms with Crippen LogP contribution in [0.1, 0.15) is 64.7 Å². The second kappa shape index (κ2) is 8.59. The van der Waals surface area contributed by atoms with Crippen molar-refractivity contribution in [1.29, 1.82) is 0 Å². The lowest BCUT2D eigenvalue weighted by Gasteiger charge is -2.48. The number of amides is 2. The lowest BCUT2D eigenvalue weighted by Crippen LogP contribution is -2.60. The van der Waals surface area contributed by atoms with Crippen molar-refractivity contribution < 1.29 is 14.7 Å². The van der Waals surface area contributed by atoms with E-state index in [2.05, 4.69) is 10.2 Å². The topological polar surface area (TPSA) is 72.9 Å². The molecule has 2 atom stereocenters. The Kier molecular flexibility index (Phi) is 6.43. The predicted molar refractivity (Wildman–Crippen MR) is 101 cm³/mol. The van der Waals surface area contributed by atoms with E-state index in [-0.39, 0.29) is 17.5 Å². The van der Waals surface area contributed by atoms with Crippen molar-refractivity contribution in [3.05, 3.63) is 0 Å². The van der Waals surface area contributed by atoms with Crippen molar-refractivity contribution in [2.24, 2.45) is 11.8 Å². The Labute approximate surface area is 157 Å². The average molecular weight is 366 g/mol. The number of carbonyl (C=O) groups is 2. The molecule has 3 aliphatic rings. The number of rotatable bonds is 4. The van der Waals surface area contributed by atoms with Crippen molar-refractivity contribution >= 4 is 12.0 Å². The van der Waals surface area contributed by atoms with Gasteiger partial charge in [0.05, 0.1) is 5.92 Å². The normalized spacial score (nSPS) is 30.0. The molecule has 2 unspecified atom stereocenters. The van der Waals surface area contributed by atoms with Crippen LogP contribution in [-0.2, 0) is 4.79 Å². The maximum atomic E-state index is 12.8. The van der Waals surface area contributed by atoms with E-state index in [1.807, 2.05) is 6.92 Å². The molecule has 0 aromatic carbocycles. The average Bonchev–Trinajstić information content (AvgIpc) is 2.67. The van der Waals surface area contributed by atoms with Crippen LogP contribution in [0.5, 0.6) is 0 Å². The molecule has 26 heavy (non-hydrogen) atoms. The second-order valence-electron chi connectivity index (χ2n) is 8.77. The highest BCUT2D eigenvalue weighted by Gasteiger charge is 2.39. The number of hydrogen-bond acceptors (Lipinski definition) is 3. The molecule has 1 saturated carbocycles. The number of carbonyl (C=O) groups excluding carboxylic acids is 1. The highest BCUT2D eigenvalue weighted by atomic mass is 16.4. The van der Waals surface area contributed by atoms with E-state index >= 15 is 0 Å². The smallest absolute Gasteiger partial charge is 0.317 e. The largest absolute Gasteiger partial charge is 0.481 e. The van der Waals surface area contributed by atoms with E-state index in [0.29, 0.717) is 26.1 Å². The van der Waals surface area contributed by atoms with Gasteiger partial charge >= 0.3 is 12.0 Å². The van der Waals surface area contributed by atoms with Crippen LogP contribution in [0, 0.1) is 11.8 Å². The zero-order chi connectivity index (χ0) is 18.6. The number of urea groups is 1. The highest BCUT2D eigenvalue weighted by Crippen LogP contribution is 2.35. The SMILES string of the molecule is CC1CC(C(=O)O)CN(C(=O)NCC2(N3CCCCC3)CCCCC2)C1. The third kappa shape index (κ3) is 4.51. The fourth-order valence-corrected chi connectivity index (χ4v) is 5.23. The van der Waals surface area contributed by atoms with Gasteiger partial charge in [-0.3, -0.25) is 9.69 Å². The number of nitrogens with zero attached hydrogens (tertiary/aromatic N) is 2. The molecule has 0 bridgehead atoms. The van der Waals surface area contributed by atoms with Gasteiger partial charge in [0.15, 0.2) is 0 Å². The van der Waals surface area contributed by atoms with E-state index in [4.69, 9.17) is 0 Å². The molecule has 0 spiro atoms. The van der Waals surface area contributed by atoms with Gasteiger partial charge in [-0.1, -0.05) is 32.6 Å². The lowest BCUT2D eigenvalue weighted by atomic mass is 9.79. The van der Waals surface area contributed by atoms with Gasteiger partial charge in [-0.2, -0.15) is 0 Å². The van der Waals surface area contributed by atoms with Gasteiger partial charge in [0, 0.05) is 25.2 Å². The van der Waals surface area contributed by atoms with Gasteiger partial charge in [-0.15, -0.1) is 0 Å². The number of piperidine rings is 2. The third-order valence-corrected chi connectivity index (χ3v) is 6.68. The maximum Gasteiger partial charge on any atom is 0.317 e. The Morgan fingerprint density at radius 1 is 1.04 bits per heavy atom. The van der Waals surface area contributed by atoms with Crippen LogP contribution in [0.3, 0.4) is 0 Å². The first-order valence-electron chi connectivity index (χ1n) is 10.5. The zero-order valence-electron chi connectivity index (χ0n) is 16.2. The molecule has 3 rings (SSSR count). The van der Waals surface area contributed by atoms with Gasteiger partial charge < -0.3 is 15.3 Å². The Balaban J connectivity index is 1.61. The van der Waals surface area contributed by atoms with Crippen LogP contribution in [0.15, 0.2) is 0 Å². The molecule has 0 aromatic heterocycles. The van der Waals surface area contributed by atoms with Crippen LogP contribution in [0.25, 0.3) is 0 Å². The molecule has 6 heteroatoms. The van der Waals surface area contributed by atoms with E-state index < -0.39 is 11.9 Å². The number of likely N-dealkylation sites (tertiary alicyclic amines) is 2. The van der Waals surface area contributed by atoms with Crippen molar-refractivity contribution in [2.75, 3.05) is 32.7 Å². The molecule has 0 radical (unpaired) electrons. The summed E-state index contributed by atoms with van der Waals surface area (Å²) in [7, 11) is 0. The molecular weight excluding hydrogens is 330 g/mol. The highest BCUT2D eigenvalue weighted by molar-refractivity contribution is 5.76. The summed E-state index contributed by atoms with van der Waals surface area (Å²) in [5, 5.41) is 12.5. The zero-order valence-corrected chi connectivity index (χ0v) is 16.2. The maximum absolute atomic E-state index is 12.8. The molecule has 3 fully saturated rings. The Bertz CT molecular complexity index is 499. The van der Waals surface area contributed by atoms with E-state index in [1.165, 1.54) is 51.4 Å². The van der Waals surface area contributed by atoms with Gasteiger partial charge in [0.1, 0.15) is 0 Å². The fraction of sp³-hybridized carbons (Fsp3) is 0.900. The first kappa shape index (κ1) is 19.5. The number of carboxylic acid groups (broad SMARTS) is 1. The monoisotopic (exact) mass is 365 g/mol. The summed E-state index contributed by atoms with van der Waals surface area (Å²) >= 11 is 0. The van der Waals surface area contributed by atoms with Crippen LogP contribution in [-0.4, -0.2) is 65.2 Å². The summed E-state index contributed by atoms with van der Waals surface area (Å²) in [6.45, 7) is 6.03. The predicted octanol–water partition coefficient (Wildman–Crippen LogP) is 2.93. The fourth-order valence-electron chi connectivity index (χ4n) is 5.23. The minimum absolute atomic E-state index is 0.0789. The summed E-state index contributed by atoms with van der Waals surface area (Å²) < 4.78 is 0. The minimum Gasteiger partial charge on any atom is -0.481 e. The van der Waals surface area contributed by atoms with Gasteiger partial charge in [0.25, 0.3) is 0 Å². The van der Waals surface area contributed by atoms with Crippen LogP contribution in [0.4, 0.5) is 4.79 Å². The standard InChI is InChI=1S/C20H35N3O3/c1-16-12-17(18(24)25)14-22(13-16)19(26)21-15-20(8-4-2-5-9-20)23-10-6-3-7-11-23/h16-17H,2-15H2,1H3,(H,21,26)(H,24,25). The quantitative estimate of drug-likeness (QED) is 0.803. The Morgan fingerprint density at radius 2 is 1.69 bits per heavy atom. The molecular formula is C20H35N3O3. The van der Waals surface area contributed by atoms with Crippen LogP contribution >= 0.6 is 0 Å². The number of aliphatic carboxylic acids is 1. The molecule has 1 aliphatic carbocycles. The Hall–Kier alpha value is -1.30. The Morgan fingerprint density at radius 3 is 2.35 bits per heavy atom. The molecule has 6 nitrogen and oxygen atoms in total. The minimum atomic E-state index is -0.786. The molecule has 2 N–H and O–H groups in total. The molecule has 2 heterocycles. The number of hydrogen-bond donors (Lipinski definition) is 2. The van der Waals surface area contributed by atoms with Gasteiger partial charge in [0.2, 0.25) is 0 Å². The second-order valence-corrected chi connectivity index (χ2v) is 8.77. The molecule has 148 valence electrons. The van der Waals surface area contributed by atoms with Gasteiger partial charge in [-0.05, 0) is 51.1 Å². The van der Waals surface area contributed by atoms with E-state index in [1.54, 1.807) is 4.90 Å². The van der Waals surface area contributed by atoms with E-state index in [9.17, 15) is 14.7 Å². The summed E-state index contributed by atoms with van der Waals surface area (Å²) in [5.41, 5.74) is 0.113. The number of carboxylic acids is 1. The van der Waals surface area contributed by atoms with Crippen molar-refractivity contribution in [2.45, 2.75) is 70.3 Å².